The first-order chi connectivity index (χ1) is 9.59. The van der Waals surface area contributed by atoms with Crippen LogP contribution < -0.4 is 5.73 Å². The standard InChI is InChI=1S/C14H24N2O2S2/c1-2-5-12-6-3-4-11-16(12)20(17,18)14-8-7-13(19-14)9-10-15/h7-8,12H,2-6,9-11,15H2,1H3. The summed E-state index contributed by atoms with van der Waals surface area (Å²) >= 11 is 1.37. The third-order valence-electron chi connectivity index (χ3n) is 3.79. The molecule has 1 aromatic rings. The molecule has 20 heavy (non-hydrogen) atoms. The van der Waals surface area contributed by atoms with Gasteiger partial charge in [-0.2, -0.15) is 4.31 Å². The van der Waals surface area contributed by atoms with E-state index in [-0.39, 0.29) is 6.04 Å². The second kappa shape index (κ2) is 7.02. The summed E-state index contributed by atoms with van der Waals surface area (Å²) in [6, 6.07) is 3.81. The Kier molecular flexibility index (Phi) is 5.60. The summed E-state index contributed by atoms with van der Waals surface area (Å²) in [6.07, 6.45) is 5.84. The Hall–Kier alpha value is -0.430. The van der Waals surface area contributed by atoms with E-state index < -0.39 is 10.0 Å². The number of rotatable bonds is 6. The molecule has 2 rings (SSSR count). The maximum atomic E-state index is 12.8. The van der Waals surface area contributed by atoms with Crippen molar-refractivity contribution >= 4 is 21.4 Å². The summed E-state index contributed by atoms with van der Waals surface area (Å²) in [5.41, 5.74) is 5.53. The number of hydrogen-bond acceptors (Lipinski definition) is 4. The van der Waals surface area contributed by atoms with Gasteiger partial charge in [-0.1, -0.05) is 19.8 Å². The quantitative estimate of drug-likeness (QED) is 0.877. The molecule has 0 amide bonds. The third-order valence-corrected chi connectivity index (χ3v) is 7.35. The Labute approximate surface area is 126 Å². The van der Waals surface area contributed by atoms with E-state index in [0.29, 0.717) is 17.3 Å². The van der Waals surface area contributed by atoms with Crippen LogP contribution in [-0.4, -0.2) is 31.9 Å². The first-order valence-electron chi connectivity index (χ1n) is 7.40. The fraction of sp³-hybridized carbons (Fsp3) is 0.714. The van der Waals surface area contributed by atoms with Gasteiger partial charge in [0.2, 0.25) is 0 Å². The number of nitrogens with two attached hydrogens (primary N) is 1. The molecule has 0 radical (unpaired) electrons. The first-order valence-corrected chi connectivity index (χ1v) is 9.66. The summed E-state index contributed by atoms with van der Waals surface area (Å²) in [5.74, 6) is 0. The predicted molar refractivity (Wildman–Crippen MR) is 83.5 cm³/mol. The fourth-order valence-corrected chi connectivity index (χ4v) is 6.03. The molecule has 114 valence electrons. The van der Waals surface area contributed by atoms with Gasteiger partial charge in [-0.25, -0.2) is 8.42 Å². The summed E-state index contributed by atoms with van der Waals surface area (Å²) in [6.45, 7) is 3.34. The second-order valence-electron chi connectivity index (χ2n) is 5.31. The van der Waals surface area contributed by atoms with Gasteiger partial charge in [0.1, 0.15) is 4.21 Å². The lowest BCUT2D eigenvalue weighted by Gasteiger charge is -2.34. The summed E-state index contributed by atoms with van der Waals surface area (Å²) in [4.78, 5) is 1.05. The molecule has 2 heterocycles. The van der Waals surface area contributed by atoms with Gasteiger partial charge in [-0.15, -0.1) is 11.3 Å². The molecule has 0 bridgehead atoms. The van der Waals surface area contributed by atoms with Crippen LogP contribution >= 0.6 is 11.3 Å². The molecule has 2 N–H and O–H groups in total. The van der Waals surface area contributed by atoms with Crippen molar-refractivity contribution in [3.63, 3.8) is 0 Å². The topological polar surface area (TPSA) is 63.4 Å². The van der Waals surface area contributed by atoms with Crippen molar-refractivity contribution in [2.24, 2.45) is 5.73 Å². The normalized spacial score (nSPS) is 21.2. The van der Waals surface area contributed by atoms with Crippen LogP contribution in [0.4, 0.5) is 0 Å². The average molecular weight is 316 g/mol. The second-order valence-corrected chi connectivity index (χ2v) is 8.60. The molecule has 1 atom stereocenters. The molecule has 1 unspecified atom stereocenters. The van der Waals surface area contributed by atoms with Crippen molar-refractivity contribution in [1.29, 1.82) is 0 Å². The van der Waals surface area contributed by atoms with Crippen LogP contribution in [-0.2, 0) is 16.4 Å². The van der Waals surface area contributed by atoms with Crippen molar-refractivity contribution < 1.29 is 8.42 Å². The number of nitrogens with zero attached hydrogens (tertiary/aromatic N) is 1. The van der Waals surface area contributed by atoms with Crippen LogP contribution in [0.3, 0.4) is 0 Å². The van der Waals surface area contributed by atoms with Gasteiger partial charge in [0.05, 0.1) is 0 Å². The van der Waals surface area contributed by atoms with E-state index in [9.17, 15) is 8.42 Å². The van der Waals surface area contributed by atoms with Gasteiger partial charge in [0, 0.05) is 17.5 Å². The fourth-order valence-electron chi connectivity index (χ4n) is 2.80. The molecule has 1 aliphatic rings. The van der Waals surface area contributed by atoms with E-state index in [2.05, 4.69) is 6.92 Å². The van der Waals surface area contributed by atoms with E-state index in [1.807, 2.05) is 6.07 Å². The Morgan fingerprint density at radius 2 is 2.20 bits per heavy atom. The SMILES string of the molecule is CCCC1CCCCN1S(=O)(=O)c1ccc(CCN)s1. The molecule has 1 saturated heterocycles. The molecular formula is C14H24N2O2S2. The highest BCUT2D eigenvalue weighted by Gasteiger charge is 2.33. The molecule has 4 nitrogen and oxygen atoms in total. The molecule has 1 aromatic heterocycles. The van der Waals surface area contributed by atoms with Crippen molar-refractivity contribution in [3.8, 4) is 0 Å². The van der Waals surface area contributed by atoms with Gasteiger partial charge in [-0.05, 0) is 44.4 Å². The van der Waals surface area contributed by atoms with E-state index in [4.69, 9.17) is 5.73 Å². The molecule has 0 spiro atoms. The highest BCUT2D eigenvalue weighted by Crippen LogP contribution is 2.31. The minimum Gasteiger partial charge on any atom is -0.330 e. The Morgan fingerprint density at radius 3 is 2.90 bits per heavy atom. The zero-order chi connectivity index (χ0) is 14.6. The molecule has 0 saturated carbocycles. The molecule has 1 fully saturated rings. The van der Waals surface area contributed by atoms with Crippen LogP contribution in [0, 0.1) is 0 Å². The van der Waals surface area contributed by atoms with Gasteiger partial charge in [0.15, 0.2) is 0 Å². The molecule has 0 aliphatic carbocycles. The summed E-state index contributed by atoms with van der Waals surface area (Å²) in [5, 5.41) is 0. The minimum atomic E-state index is -3.32. The van der Waals surface area contributed by atoms with E-state index in [1.165, 1.54) is 11.3 Å². The van der Waals surface area contributed by atoms with Gasteiger partial charge in [-0.3, -0.25) is 0 Å². The van der Waals surface area contributed by atoms with E-state index >= 15 is 0 Å². The van der Waals surface area contributed by atoms with Crippen LogP contribution in [0.25, 0.3) is 0 Å². The summed E-state index contributed by atoms with van der Waals surface area (Å²) < 4.78 is 27.8. The Balaban J connectivity index is 2.22. The smallest absolute Gasteiger partial charge is 0.252 e. The van der Waals surface area contributed by atoms with Gasteiger partial charge < -0.3 is 5.73 Å². The van der Waals surface area contributed by atoms with Crippen LogP contribution in [0.5, 0.6) is 0 Å². The van der Waals surface area contributed by atoms with Gasteiger partial charge >= 0.3 is 0 Å². The van der Waals surface area contributed by atoms with Crippen LogP contribution in [0.15, 0.2) is 16.3 Å². The maximum absolute atomic E-state index is 12.8. The van der Waals surface area contributed by atoms with Crippen molar-refractivity contribution in [3.05, 3.63) is 17.0 Å². The largest absolute Gasteiger partial charge is 0.330 e. The maximum Gasteiger partial charge on any atom is 0.252 e. The van der Waals surface area contributed by atoms with E-state index in [1.54, 1.807) is 10.4 Å². The zero-order valence-corrected chi connectivity index (χ0v) is 13.7. The molecule has 1 aliphatic heterocycles. The lowest BCUT2D eigenvalue weighted by atomic mass is 10.0. The Bertz CT molecular complexity index is 523. The number of thiophene rings is 1. The molecule has 0 aromatic carbocycles. The first kappa shape index (κ1) is 15.9. The molecular weight excluding hydrogens is 292 g/mol. The number of sulfonamides is 1. The number of piperidine rings is 1. The lowest BCUT2D eigenvalue weighted by molar-refractivity contribution is 0.240. The lowest BCUT2D eigenvalue weighted by Crippen LogP contribution is -2.43. The van der Waals surface area contributed by atoms with Crippen molar-refractivity contribution in [2.75, 3.05) is 13.1 Å². The molecule has 6 heteroatoms. The zero-order valence-electron chi connectivity index (χ0n) is 12.0. The summed E-state index contributed by atoms with van der Waals surface area (Å²) in [7, 11) is -3.32. The highest BCUT2D eigenvalue weighted by molar-refractivity contribution is 7.91. The average Bonchev–Trinajstić information content (AvgIpc) is 2.89. The predicted octanol–water partition coefficient (Wildman–Crippen LogP) is 2.59. The number of hydrogen-bond donors (Lipinski definition) is 1. The van der Waals surface area contributed by atoms with Gasteiger partial charge in [0.25, 0.3) is 10.0 Å². The van der Waals surface area contributed by atoms with Crippen molar-refractivity contribution in [1.82, 2.24) is 4.31 Å². The Morgan fingerprint density at radius 1 is 1.40 bits per heavy atom. The highest BCUT2D eigenvalue weighted by atomic mass is 32.2. The van der Waals surface area contributed by atoms with Crippen LogP contribution in [0.2, 0.25) is 0 Å². The monoisotopic (exact) mass is 316 g/mol. The van der Waals surface area contributed by atoms with E-state index in [0.717, 1.165) is 43.4 Å². The van der Waals surface area contributed by atoms with Crippen molar-refractivity contribution in [2.45, 2.75) is 55.7 Å². The van der Waals surface area contributed by atoms with Crippen LogP contribution in [0.1, 0.15) is 43.9 Å². The third kappa shape index (κ3) is 3.42. The minimum absolute atomic E-state index is 0.179.